The van der Waals surface area contributed by atoms with Crippen molar-refractivity contribution >= 4 is 43.5 Å². The van der Waals surface area contributed by atoms with Crippen LogP contribution >= 0.6 is 31.9 Å². The summed E-state index contributed by atoms with van der Waals surface area (Å²) in [5.74, 6) is -1.02. The van der Waals surface area contributed by atoms with Gasteiger partial charge in [0.1, 0.15) is 5.82 Å². The van der Waals surface area contributed by atoms with Crippen molar-refractivity contribution in [3.8, 4) is 0 Å². The van der Waals surface area contributed by atoms with Gasteiger partial charge in [-0.2, -0.15) is 0 Å². The SMILES string of the molecule is Cc1cc(NC(=O)c2ccc(Br)cc2F)cc(C)c1Br. The minimum Gasteiger partial charge on any atom is -0.322 e. The molecule has 0 aliphatic heterocycles. The monoisotopic (exact) mass is 399 g/mol. The molecule has 0 heterocycles. The lowest BCUT2D eigenvalue weighted by Gasteiger charge is -2.10. The molecule has 0 radical (unpaired) electrons. The Hall–Kier alpha value is -1.20. The lowest BCUT2D eigenvalue weighted by molar-refractivity contribution is 0.102. The average Bonchev–Trinajstić information content (AvgIpc) is 2.35. The van der Waals surface area contributed by atoms with Crippen LogP contribution in [0, 0.1) is 19.7 Å². The van der Waals surface area contributed by atoms with Crippen LogP contribution in [-0.2, 0) is 0 Å². The zero-order chi connectivity index (χ0) is 14.9. The van der Waals surface area contributed by atoms with E-state index in [0.717, 1.165) is 15.6 Å². The van der Waals surface area contributed by atoms with Gasteiger partial charge in [0, 0.05) is 14.6 Å². The Morgan fingerprint density at radius 2 is 1.70 bits per heavy atom. The summed E-state index contributed by atoms with van der Waals surface area (Å²) in [6, 6.07) is 8.04. The third-order valence-corrected chi connectivity index (χ3v) is 4.61. The van der Waals surface area contributed by atoms with Gasteiger partial charge in [0.2, 0.25) is 0 Å². The van der Waals surface area contributed by atoms with E-state index in [-0.39, 0.29) is 5.56 Å². The van der Waals surface area contributed by atoms with E-state index in [1.165, 1.54) is 12.1 Å². The first-order chi connectivity index (χ1) is 9.38. The number of amides is 1. The third kappa shape index (κ3) is 3.27. The number of anilines is 1. The summed E-state index contributed by atoms with van der Waals surface area (Å²) in [4.78, 5) is 12.1. The molecule has 2 nitrogen and oxygen atoms in total. The van der Waals surface area contributed by atoms with E-state index in [4.69, 9.17) is 0 Å². The van der Waals surface area contributed by atoms with Gasteiger partial charge in [-0.3, -0.25) is 4.79 Å². The van der Waals surface area contributed by atoms with Crippen LogP contribution in [0.15, 0.2) is 39.3 Å². The molecule has 1 N–H and O–H groups in total. The van der Waals surface area contributed by atoms with Crippen LogP contribution in [0.1, 0.15) is 21.5 Å². The van der Waals surface area contributed by atoms with Crippen LogP contribution in [-0.4, -0.2) is 5.91 Å². The summed E-state index contributed by atoms with van der Waals surface area (Å²) in [6.45, 7) is 3.87. The van der Waals surface area contributed by atoms with E-state index in [0.29, 0.717) is 10.2 Å². The van der Waals surface area contributed by atoms with Crippen LogP contribution in [0.3, 0.4) is 0 Å². The summed E-state index contributed by atoms with van der Waals surface area (Å²) in [6.07, 6.45) is 0. The summed E-state index contributed by atoms with van der Waals surface area (Å²) in [5, 5.41) is 2.71. The minimum atomic E-state index is -0.553. The topological polar surface area (TPSA) is 29.1 Å². The molecule has 0 aromatic heterocycles. The van der Waals surface area contributed by atoms with Gasteiger partial charge in [-0.15, -0.1) is 0 Å². The Morgan fingerprint density at radius 3 is 2.25 bits per heavy atom. The number of rotatable bonds is 2. The van der Waals surface area contributed by atoms with Crippen molar-refractivity contribution in [2.45, 2.75) is 13.8 Å². The van der Waals surface area contributed by atoms with Crippen molar-refractivity contribution in [3.63, 3.8) is 0 Å². The highest BCUT2D eigenvalue weighted by molar-refractivity contribution is 9.10. The molecule has 0 aliphatic rings. The van der Waals surface area contributed by atoms with Crippen molar-refractivity contribution in [1.82, 2.24) is 0 Å². The molecule has 1 amide bonds. The van der Waals surface area contributed by atoms with Crippen molar-refractivity contribution in [2.75, 3.05) is 5.32 Å². The Balaban J connectivity index is 2.28. The Morgan fingerprint density at radius 1 is 1.10 bits per heavy atom. The number of aryl methyl sites for hydroxylation is 2. The van der Waals surface area contributed by atoms with Gasteiger partial charge >= 0.3 is 0 Å². The fraction of sp³-hybridized carbons (Fsp3) is 0.133. The smallest absolute Gasteiger partial charge is 0.258 e. The fourth-order valence-electron chi connectivity index (χ4n) is 1.89. The molecule has 0 unspecified atom stereocenters. The molecule has 0 bridgehead atoms. The zero-order valence-corrected chi connectivity index (χ0v) is 14.1. The second-order valence-corrected chi connectivity index (χ2v) is 6.21. The summed E-state index contributed by atoms with van der Waals surface area (Å²) in [5.41, 5.74) is 2.69. The highest BCUT2D eigenvalue weighted by Crippen LogP contribution is 2.25. The highest BCUT2D eigenvalue weighted by atomic mass is 79.9. The Kier molecular flexibility index (Phi) is 4.60. The van der Waals surface area contributed by atoms with Gasteiger partial charge in [-0.25, -0.2) is 4.39 Å². The molecule has 0 fully saturated rings. The molecule has 0 atom stereocenters. The molecule has 0 saturated carbocycles. The van der Waals surface area contributed by atoms with Crippen LogP contribution in [0.2, 0.25) is 0 Å². The number of benzene rings is 2. The van der Waals surface area contributed by atoms with Gasteiger partial charge in [-0.05, 0) is 55.3 Å². The van der Waals surface area contributed by atoms with Crippen LogP contribution in [0.25, 0.3) is 0 Å². The van der Waals surface area contributed by atoms with Crippen molar-refractivity contribution in [2.24, 2.45) is 0 Å². The number of nitrogens with one attached hydrogen (secondary N) is 1. The fourth-order valence-corrected chi connectivity index (χ4v) is 2.45. The first-order valence-corrected chi connectivity index (χ1v) is 7.50. The standard InChI is InChI=1S/C15H12Br2FNO/c1-8-5-11(6-9(2)14(8)17)19-15(20)12-4-3-10(16)7-13(12)18/h3-7H,1-2H3,(H,19,20). The molecule has 2 aromatic carbocycles. The van der Waals surface area contributed by atoms with Gasteiger partial charge in [0.05, 0.1) is 5.56 Å². The van der Waals surface area contributed by atoms with Gasteiger partial charge < -0.3 is 5.32 Å². The normalized spacial score (nSPS) is 10.4. The molecule has 5 heteroatoms. The second-order valence-electron chi connectivity index (χ2n) is 4.50. The van der Waals surface area contributed by atoms with Crippen molar-refractivity contribution in [1.29, 1.82) is 0 Å². The summed E-state index contributed by atoms with van der Waals surface area (Å²) in [7, 11) is 0. The van der Waals surface area contributed by atoms with Crippen LogP contribution in [0.4, 0.5) is 10.1 Å². The van der Waals surface area contributed by atoms with Crippen molar-refractivity contribution in [3.05, 3.63) is 61.8 Å². The quantitative estimate of drug-likeness (QED) is 0.735. The molecular weight excluding hydrogens is 389 g/mol. The molecule has 0 spiro atoms. The first-order valence-electron chi connectivity index (χ1n) is 5.91. The molecule has 20 heavy (non-hydrogen) atoms. The number of carbonyl (C=O) groups excluding carboxylic acids is 1. The summed E-state index contributed by atoms with van der Waals surface area (Å²) < 4.78 is 15.3. The average molecular weight is 401 g/mol. The maximum absolute atomic E-state index is 13.7. The maximum Gasteiger partial charge on any atom is 0.258 e. The van der Waals surface area contributed by atoms with Gasteiger partial charge in [-0.1, -0.05) is 31.9 Å². The van der Waals surface area contributed by atoms with Gasteiger partial charge in [0.15, 0.2) is 0 Å². The molecule has 2 aromatic rings. The number of halogens is 3. The van der Waals surface area contributed by atoms with E-state index in [1.54, 1.807) is 6.07 Å². The number of hydrogen-bond acceptors (Lipinski definition) is 1. The van der Waals surface area contributed by atoms with E-state index in [1.807, 2.05) is 26.0 Å². The van der Waals surface area contributed by atoms with E-state index in [2.05, 4.69) is 37.2 Å². The van der Waals surface area contributed by atoms with E-state index < -0.39 is 11.7 Å². The molecule has 104 valence electrons. The lowest BCUT2D eigenvalue weighted by Crippen LogP contribution is -2.14. The molecule has 0 saturated heterocycles. The zero-order valence-electron chi connectivity index (χ0n) is 10.9. The predicted molar refractivity (Wildman–Crippen MR) is 85.7 cm³/mol. The minimum absolute atomic E-state index is 0.0198. The largest absolute Gasteiger partial charge is 0.322 e. The van der Waals surface area contributed by atoms with Crippen molar-refractivity contribution < 1.29 is 9.18 Å². The Bertz CT molecular complexity index is 663. The number of carbonyl (C=O) groups is 1. The predicted octanol–water partition coefficient (Wildman–Crippen LogP) is 5.22. The molecule has 2 rings (SSSR count). The number of hydrogen-bond donors (Lipinski definition) is 1. The highest BCUT2D eigenvalue weighted by Gasteiger charge is 2.13. The Labute approximate surface area is 133 Å². The molecular formula is C15H12Br2FNO. The van der Waals surface area contributed by atoms with E-state index >= 15 is 0 Å². The van der Waals surface area contributed by atoms with Gasteiger partial charge in [0.25, 0.3) is 5.91 Å². The second kappa shape index (κ2) is 6.06. The van der Waals surface area contributed by atoms with Crippen LogP contribution < -0.4 is 5.32 Å². The third-order valence-electron chi connectivity index (χ3n) is 2.87. The maximum atomic E-state index is 13.7. The lowest BCUT2D eigenvalue weighted by atomic mass is 10.1. The van der Waals surface area contributed by atoms with Crippen LogP contribution in [0.5, 0.6) is 0 Å². The molecule has 0 aliphatic carbocycles. The van der Waals surface area contributed by atoms with E-state index in [9.17, 15) is 9.18 Å². The first kappa shape index (κ1) is 15.2. The summed E-state index contributed by atoms with van der Waals surface area (Å²) >= 11 is 6.63.